The van der Waals surface area contributed by atoms with Crippen LogP contribution in [0.25, 0.3) is 33.8 Å². The van der Waals surface area contributed by atoms with Gasteiger partial charge in [-0.15, -0.1) is 0 Å². The first-order valence-electron chi connectivity index (χ1n) is 10.6. The third-order valence-electron chi connectivity index (χ3n) is 5.53. The van der Waals surface area contributed by atoms with Crippen molar-refractivity contribution in [1.29, 1.82) is 0 Å². The fourth-order valence-electron chi connectivity index (χ4n) is 3.85. The summed E-state index contributed by atoms with van der Waals surface area (Å²) in [6.07, 6.45) is 1.76. The number of anilines is 2. The Kier molecular flexibility index (Phi) is 5.14. The first-order valence-corrected chi connectivity index (χ1v) is 10.6. The normalized spacial score (nSPS) is 11.0. The van der Waals surface area contributed by atoms with E-state index in [9.17, 15) is 4.79 Å². The van der Waals surface area contributed by atoms with Crippen LogP contribution in [0, 0.1) is 20.8 Å². The van der Waals surface area contributed by atoms with E-state index in [1.165, 1.54) is 0 Å². The minimum atomic E-state index is -0.305. The number of aromatic nitrogens is 3. The van der Waals surface area contributed by atoms with E-state index < -0.39 is 0 Å². The van der Waals surface area contributed by atoms with Crippen molar-refractivity contribution in [2.45, 2.75) is 20.8 Å². The molecule has 2 aromatic heterocycles. The van der Waals surface area contributed by atoms with Gasteiger partial charge in [-0.2, -0.15) is 5.10 Å². The van der Waals surface area contributed by atoms with Crippen LogP contribution in [0.5, 0.6) is 0 Å². The summed E-state index contributed by atoms with van der Waals surface area (Å²) in [6.45, 7) is 5.95. The number of fused-ring (bicyclic) bond motifs is 1. The highest BCUT2D eigenvalue weighted by molar-refractivity contribution is 6.01. The Morgan fingerprint density at radius 1 is 0.939 bits per heavy atom. The largest absolute Gasteiger partial charge is 0.436 e. The van der Waals surface area contributed by atoms with Gasteiger partial charge in [0.15, 0.2) is 5.58 Å². The van der Waals surface area contributed by atoms with Crippen molar-refractivity contribution in [3.05, 3.63) is 83.6 Å². The van der Waals surface area contributed by atoms with Gasteiger partial charge in [0, 0.05) is 23.1 Å². The maximum absolute atomic E-state index is 12.6. The molecule has 0 saturated carbocycles. The lowest BCUT2D eigenvalue weighted by Gasteiger charge is -2.13. The molecule has 0 saturated heterocycles. The predicted molar refractivity (Wildman–Crippen MR) is 130 cm³/mol. The number of aryl methyl sites for hydroxylation is 3. The smallest absolute Gasteiger partial charge is 0.323 e. The third kappa shape index (κ3) is 4.08. The van der Waals surface area contributed by atoms with Crippen molar-refractivity contribution in [3.63, 3.8) is 0 Å². The molecule has 7 nitrogen and oxygen atoms in total. The van der Waals surface area contributed by atoms with Gasteiger partial charge in [0.05, 0.1) is 5.56 Å². The summed E-state index contributed by atoms with van der Waals surface area (Å²) in [6, 6.07) is 19.0. The molecule has 0 aliphatic heterocycles. The van der Waals surface area contributed by atoms with Crippen molar-refractivity contribution >= 4 is 28.5 Å². The van der Waals surface area contributed by atoms with Crippen LogP contribution in [0.3, 0.4) is 0 Å². The molecule has 0 aliphatic carbocycles. The van der Waals surface area contributed by atoms with E-state index in [-0.39, 0.29) is 6.03 Å². The van der Waals surface area contributed by atoms with Gasteiger partial charge in [0.1, 0.15) is 11.2 Å². The lowest BCUT2D eigenvalue weighted by atomic mass is 10.1. The minimum absolute atomic E-state index is 0.305. The summed E-state index contributed by atoms with van der Waals surface area (Å²) in [5.41, 5.74) is 8.38. The lowest BCUT2D eigenvalue weighted by molar-refractivity contribution is 0.262. The van der Waals surface area contributed by atoms with E-state index in [0.29, 0.717) is 17.3 Å². The number of hydrogen-bond acceptors (Lipinski definition) is 4. The molecule has 0 bridgehead atoms. The van der Waals surface area contributed by atoms with E-state index in [0.717, 1.165) is 44.6 Å². The minimum Gasteiger partial charge on any atom is -0.436 e. The average molecular weight is 438 g/mol. The molecule has 164 valence electrons. The molecule has 0 spiro atoms. The van der Waals surface area contributed by atoms with Gasteiger partial charge >= 0.3 is 6.03 Å². The number of para-hydroxylation sites is 1. The first kappa shape index (κ1) is 20.5. The van der Waals surface area contributed by atoms with Crippen LogP contribution in [-0.4, -0.2) is 21.2 Å². The molecular weight excluding hydrogens is 414 g/mol. The number of amides is 2. The zero-order valence-electron chi connectivity index (χ0n) is 18.6. The monoisotopic (exact) mass is 437 g/mol. The fraction of sp³-hybridized carbons (Fsp3) is 0.115. The van der Waals surface area contributed by atoms with Crippen molar-refractivity contribution in [2.24, 2.45) is 0 Å². The van der Waals surface area contributed by atoms with E-state index in [1.807, 2.05) is 81.4 Å². The second-order valence-electron chi connectivity index (χ2n) is 8.06. The molecule has 2 amide bonds. The number of hydrogen-bond donors (Lipinski definition) is 3. The first-order chi connectivity index (χ1) is 16.0. The predicted octanol–water partition coefficient (Wildman–Crippen LogP) is 6.45. The van der Waals surface area contributed by atoms with Gasteiger partial charge < -0.3 is 15.1 Å². The van der Waals surface area contributed by atoms with E-state index in [4.69, 9.17) is 4.42 Å². The molecule has 0 aliphatic rings. The molecule has 0 atom stereocenters. The highest BCUT2D eigenvalue weighted by atomic mass is 16.3. The number of nitrogens with one attached hydrogen (secondary N) is 3. The number of carbonyl (C=O) groups is 1. The summed E-state index contributed by atoms with van der Waals surface area (Å²) in [5.74, 6) is 0.491. The van der Waals surface area contributed by atoms with E-state index in [2.05, 4.69) is 25.8 Å². The molecule has 3 aromatic carbocycles. The van der Waals surface area contributed by atoms with Crippen LogP contribution >= 0.6 is 0 Å². The maximum Gasteiger partial charge on any atom is 0.323 e. The zero-order valence-corrected chi connectivity index (χ0v) is 18.6. The SMILES string of the molecule is Cc1ccc2nc(-c3c[nH]nc3-c3cccc(NC(=O)Nc4c(C)cccc4C)c3)oc2c1. The lowest BCUT2D eigenvalue weighted by Crippen LogP contribution is -2.20. The molecular formula is C26H23N5O2. The number of benzene rings is 3. The summed E-state index contributed by atoms with van der Waals surface area (Å²) in [4.78, 5) is 17.2. The summed E-state index contributed by atoms with van der Waals surface area (Å²) in [7, 11) is 0. The van der Waals surface area contributed by atoms with Crippen molar-refractivity contribution in [3.8, 4) is 22.7 Å². The Bertz CT molecular complexity index is 1460. The number of nitrogens with zero attached hydrogens (tertiary/aromatic N) is 2. The van der Waals surface area contributed by atoms with Gasteiger partial charge in [-0.05, 0) is 61.7 Å². The molecule has 0 fully saturated rings. The molecule has 5 rings (SSSR count). The Hall–Kier alpha value is -4.39. The maximum atomic E-state index is 12.6. The molecule has 7 heteroatoms. The Morgan fingerprint density at radius 2 is 1.73 bits per heavy atom. The molecule has 33 heavy (non-hydrogen) atoms. The zero-order chi connectivity index (χ0) is 22.9. The molecule has 0 radical (unpaired) electrons. The average Bonchev–Trinajstić information content (AvgIpc) is 3.43. The topological polar surface area (TPSA) is 95.8 Å². The fourth-order valence-corrected chi connectivity index (χ4v) is 3.85. The molecule has 5 aromatic rings. The van der Waals surface area contributed by atoms with Gasteiger partial charge in [-0.1, -0.05) is 36.4 Å². The number of rotatable bonds is 4. The summed E-state index contributed by atoms with van der Waals surface area (Å²) < 4.78 is 5.99. The van der Waals surface area contributed by atoms with Gasteiger partial charge in [0.25, 0.3) is 0 Å². The number of aromatic amines is 1. The van der Waals surface area contributed by atoms with Gasteiger partial charge in [-0.3, -0.25) is 5.10 Å². The molecule has 2 heterocycles. The van der Waals surface area contributed by atoms with Crippen LogP contribution in [-0.2, 0) is 0 Å². The van der Waals surface area contributed by atoms with Crippen LogP contribution in [0.2, 0.25) is 0 Å². The number of urea groups is 1. The van der Waals surface area contributed by atoms with Gasteiger partial charge in [-0.25, -0.2) is 9.78 Å². The Labute approximate surface area is 190 Å². The van der Waals surface area contributed by atoms with E-state index >= 15 is 0 Å². The standard InChI is InChI=1S/C26H23N5O2/c1-15-10-11-21-22(12-15)33-25(29-21)20-14-27-31-24(20)18-8-5-9-19(13-18)28-26(32)30-23-16(2)6-4-7-17(23)3/h4-14H,1-3H3,(H,27,31)(H2,28,30,32). The summed E-state index contributed by atoms with van der Waals surface area (Å²) >= 11 is 0. The second-order valence-corrected chi connectivity index (χ2v) is 8.06. The van der Waals surface area contributed by atoms with Gasteiger partial charge in [0.2, 0.25) is 5.89 Å². The molecule has 3 N–H and O–H groups in total. The van der Waals surface area contributed by atoms with Crippen LogP contribution in [0.4, 0.5) is 16.2 Å². The number of H-pyrrole nitrogens is 1. The van der Waals surface area contributed by atoms with Crippen molar-refractivity contribution < 1.29 is 9.21 Å². The van der Waals surface area contributed by atoms with Crippen LogP contribution < -0.4 is 10.6 Å². The highest BCUT2D eigenvalue weighted by Gasteiger charge is 2.17. The molecule has 0 unspecified atom stereocenters. The Balaban J connectivity index is 1.41. The Morgan fingerprint density at radius 3 is 2.55 bits per heavy atom. The van der Waals surface area contributed by atoms with Crippen molar-refractivity contribution in [2.75, 3.05) is 10.6 Å². The highest BCUT2D eigenvalue weighted by Crippen LogP contribution is 2.33. The van der Waals surface area contributed by atoms with Crippen molar-refractivity contribution in [1.82, 2.24) is 15.2 Å². The third-order valence-corrected chi connectivity index (χ3v) is 5.53. The number of carbonyl (C=O) groups excluding carboxylic acids is 1. The van der Waals surface area contributed by atoms with E-state index in [1.54, 1.807) is 6.20 Å². The van der Waals surface area contributed by atoms with Crippen LogP contribution in [0.1, 0.15) is 16.7 Å². The number of oxazole rings is 1. The summed E-state index contributed by atoms with van der Waals surface area (Å²) in [5, 5.41) is 13.2. The second kappa shape index (κ2) is 8.27. The quantitative estimate of drug-likeness (QED) is 0.301. The van der Waals surface area contributed by atoms with Crippen LogP contribution in [0.15, 0.2) is 71.3 Å².